The van der Waals surface area contributed by atoms with Gasteiger partial charge < -0.3 is 9.67 Å². The van der Waals surface area contributed by atoms with Crippen LogP contribution in [0.25, 0.3) is 10.9 Å². The van der Waals surface area contributed by atoms with Crippen LogP contribution in [0.2, 0.25) is 0 Å². The van der Waals surface area contributed by atoms with Crippen molar-refractivity contribution in [2.45, 2.75) is 18.7 Å². The van der Waals surface area contributed by atoms with E-state index < -0.39 is 16.2 Å². The smallest absolute Gasteiger partial charge is 0.265 e. The van der Waals surface area contributed by atoms with Gasteiger partial charge in [-0.1, -0.05) is 29.3 Å². The maximum absolute atomic E-state index is 12.2. The van der Waals surface area contributed by atoms with Crippen molar-refractivity contribution in [1.82, 2.24) is 4.57 Å². The number of alkyl halides is 2. The molecule has 1 N–H and O–H groups in total. The zero-order valence-corrected chi connectivity index (χ0v) is 12.7. The molecule has 1 heterocycles. The summed E-state index contributed by atoms with van der Waals surface area (Å²) in [6.07, 6.45) is 0. The third-order valence-electron chi connectivity index (χ3n) is 3.26. The summed E-state index contributed by atoms with van der Waals surface area (Å²) in [6, 6.07) is 3.64. The zero-order chi connectivity index (χ0) is 15.2. The van der Waals surface area contributed by atoms with Crippen LogP contribution in [0, 0.1) is 13.8 Å². The number of Topliss-reactive ketones (excluding diaryl/α,β-unsaturated/α-hetero) is 1. The first-order valence-corrected chi connectivity index (χ1v) is 6.78. The summed E-state index contributed by atoms with van der Waals surface area (Å²) in [4.78, 5) is 22.8. The number of benzene rings is 1. The molecular formula is C14H13Cl2NO3. The average molecular weight is 314 g/mol. The summed E-state index contributed by atoms with van der Waals surface area (Å²) < 4.78 is 1.32. The number of rotatable bonds is 2. The first-order valence-electron chi connectivity index (χ1n) is 5.91. The van der Waals surface area contributed by atoms with Crippen molar-refractivity contribution in [3.63, 3.8) is 0 Å². The predicted octanol–water partition coefficient (Wildman–Crippen LogP) is 2.85. The third-order valence-corrected chi connectivity index (χ3v) is 3.65. The molecule has 106 valence electrons. The fourth-order valence-electron chi connectivity index (χ4n) is 2.35. The molecule has 1 aromatic carbocycles. The first-order chi connectivity index (χ1) is 9.25. The molecule has 0 fully saturated rings. The number of carbonyl (C=O) groups is 1. The summed E-state index contributed by atoms with van der Waals surface area (Å²) in [6.45, 7) is 3.69. The lowest BCUT2D eigenvalue weighted by Gasteiger charge is -2.14. The van der Waals surface area contributed by atoms with Crippen molar-refractivity contribution >= 4 is 39.9 Å². The summed E-state index contributed by atoms with van der Waals surface area (Å²) >= 11 is 11.1. The zero-order valence-electron chi connectivity index (χ0n) is 11.2. The van der Waals surface area contributed by atoms with Gasteiger partial charge >= 0.3 is 0 Å². The fourth-order valence-corrected chi connectivity index (χ4v) is 2.57. The lowest BCUT2D eigenvalue weighted by molar-refractivity contribution is 0.100. The standard InChI is InChI=1S/C14H13Cl2NO3/c1-6-4-7(2)9-8(5-6)17(3)14(20)10(11(9)18)12(19)13(15)16/h4-5,13,18H,1-3H3. The molecule has 2 rings (SSSR count). The molecule has 0 saturated carbocycles. The number of aromatic hydroxyl groups is 1. The van der Waals surface area contributed by atoms with Crippen LogP contribution in [0.5, 0.6) is 5.75 Å². The van der Waals surface area contributed by atoms with E-state index in [1.54, 1.807) is 13.0 Å². The second-order valence-corrected chi connectivity index (χ2v) is 5.82. The van der Waals surface area contributed by atoms with E-state index in [4.69, 9.17) is 23.2 Å². The van der Waals surface area contributed by atoms with Gasteiger partial charge in [-0.25, -0.2) is 0 Å². The number of aromatic nitrogens is 1. The molecule has 0 amide bonds. The summed E-state index contributed by atoms with van der Waals surface area (Å²) in [5, 5.41) is 10.7. The van der Waals surface area contributed by atoms with E-state index in [-0.39, 0.29) is 11.3 Å². The van der Waals surface area contributed by atoms with Crippen LogP contribution in [-0.4, -0.2) is 20.3 Å². The van der Waals surface area contributed by atoms with Crippen molar-refractivity contribution in [3.05, 3.63) is 39.2 Å². The Hall–Kier alpha value is -1.52. The Bertz CT molecular complexity index is 778. The normalized spacial score (nSPS) is 11.3. The van der Waals surface area contributed by atoms with Gasteiger partial charge in [0, 0.05) is 12.4 Å². The summed E-state index contributed by atoms with van der Waals surface area (Å²) in [5.74, 6) is -1.16. The van der Waals surface area contributed by atoms with Crippen LogP contribution < -0.4 is 5.56 Å². The van der Waals surface area contributed by atoms with Gasteiger partial charge in [0.1, 0.15) is 11.3 Å². The highest BCUT2D eigenvalue weighted by Crippen LogP contribution is 2.31. The number of halogens is 2. The first kappa shape index (κ1) is 14.9. The van der Waals surface area contributed by atoms with Crippen molar-refractivity contribution in [2.75, 3.05) is 0 Å². The van der Waals surface area contributed by atoms with E-state index in [1.165, 1.54) is 11.6 Å². The van der Waals surface area contributed by atoms with Gasteiger partial charge in [0.05, 0.1) is 5.52 Å². The van der Waals surface area contributed by atoms with Gasteiger partial charge in [-0.05, 0) is 31.0 Å². The quantitative estimate of drug-likeness (QED) is 0.685. The molecular weight excluding hydrogens is 301 g/mol. The highest BCUT2D eigenvalue weighted by Gasteiger charge is 2.25. The Morgan fingerprint density at radius 2 is 1.90 bits per heavy atom. The van der Waals surface area contributed by atoms with Gasteiger partial charge in [-0.15, -0.1) is 0 Å². The predicted molar refractivity (Wildman–Crippen MR) is 80.2 cm³/mol. The van der Waals surface area contributed by atoms with Gasteiger partial charge in [0.2, 0.25) is 5.78 Å². The molecule has 0 aliphatic heterocycles. The van der Waals surface area contributed by atoms with E-state index in [0.29, 0.717) is 10.9 Å². The Kier molecular flexibility index (Phi) is 3.80. The maximum Gasteiger partial charge on any atom is 0.265 e. The second-order valence-electron chi connectivity index (χ2n) is 4.73. The number of carbonyl (C=O) groups excluding carboxylic acids is 1. The molecule has 0 radical (unpaired) electrons. The Balaban J connectivity index is 3.01. The van der Waals surface area contributed by atoms with Crippen molar-refractivity contribution < 1.29 is 9.90 Å². The molecule has 0 aliphatic carbocycles. The van der Waals surface area contributed by atoms with E-state index in [1.807, 2.05) is 13.0 Å². The van der Waals surface area contributed by atoms with Crippen molar-refractivity contribution in [1.29, 1.82) is 0 Å². The molecule has 20 heavy (non-hydrogen) atoms. The SMILES string of the molecule is Cc1cc(C)c2c(O)c(C(=O)C(Cl)Cl)c(=O)n(C)c2c1. The van der Waals surface area contributed by atoms with Crippen molar-refractivity contribution in [2.24, 2.45) is 7.05 Å². The van der Waals surface area contributed by atoms with Crippen molar-refractivity contribution in [3.8, 4) is 5.75 Å². The number of nitrogens with zero attached hydrogens (tertiary/aromatic N) is 1. The van der Waals surface area contributed by atoms with Crippen LogP contribution in [0.4, 0.5) is 0 Å². The number of pyridine rings is 1. The van der Waals surface area contributed by atoms with Crippen LogP contribution in [0.3, 0.4) is 0 Å². The molecule has 2 aromatic rings. The van der Waals surface area contributed by atoms with Crippen LogP contribution in [-0.2, 0) is 7.05 Å². The lowest BCUT2D eigenvalue weighted by atomic mass is 10.0. The third kappa shape index (κ3) is 2.19. The van der Waals surface area contributed by atoms with Crippen LogP contribution >= 0.6 is 23.2 Å². The summed E-state index contributed by atoms with van der Waals surface area (Å²) in [5.41, 5.74) is 1.29. The largest absolute Gasteiger partial charge is 0.506 e. The molecule has 0 spiro atoms. The number of hydrogen-bond donors (Lipinski definition) is 1. The topological polar surface area (TPSA) is 59.3 Å². The van der Waals surface area contributed by atoms with Gasteiger partial charge in [0.25, 0.3) is 5.56 Å². The van der Waals surface area contributed by atoms with Gasteiger partial charge in [-0.2, -0.15) is 0 Å². The molecule has 6 heteroatoms. The molecule has 0 aliphatic rings. The van der Waals surface area contributed by atoms with E-state index in [2.05, 4.69) is 0 Å². The molecule has 4 nitrogen and oxygen atoms in total. The number of ketones is 1. The highest BCUT2D eigenvalue weighted by atomic mass is 35.5. The van der Waals surface area contributed by atoms with E-state index in [0.717, 1.165) is 11.1 Å². The number of fused-ring (bicyclic) bond motifs is 1. The van der Waals surface area contributed by atoms with Crippen LogP contribution in [0.15, 0.2) is 16.9 Å². The number of aryl methyl sites for hydroxylation is 3. The number of hydrogen-bond acceptors (Lipinski definition) is 3. The maximum atomic E-state index is 12.2. The molecule has 0 saturated heterocycles. The Labute approximate surface area is 125 Å². The van der Waals surface area contributed by atoms with Gasteiger partial charge in [-0.3, -0.25) is 9.59 Å². The Morgan fingerprint density at radius 1 is 1.30 bits per heavy atom. The molecule has 1 aromatic heterocycles. The molecule has 0 bridgehead atoms. The van der Waals surface area contributed by atoms with E-state index >= 15 is 0 Å². The fraction of sp³-hybridized carbons (Fsp3) is 0.286. The van der Waals surface area contributed by atoms with Gasteiger partial charge in [0.15, 0.2) is 4.84 Å². The monoisotopic (exact) mass is 313 g/mol. The molecule has 0 unspecified atom stereocenters. The summed E-state index contributed by atoms with van der Waals surface area (Å²) in [7, 11) is 1.54. The van der Waals surface area contributed by atoms with Crippen LogP contribution in [0.1, 0.15) is 21.5 Å². The minimum atomic E-state index is -1.39. The van der Waals surface area contributed by atoms with E-state index in [9.17, 15) is 14.7 Å². The highest BCUT2D eigenvalue weighted by molar-refractivity contribution is 6.55. The minimum Gasteiger partial charge on any atom is -0.506 e. The minimum absolute atomic E-state index is 0.364. The molecule has 0 atom stereocenters. The average Bonchev–Trinajstić information content (AvgIpc) is 2.35. The second kappa shape index (κ2) is 5.11. The lowest BCUT2D eigenvalue weighted by Crippen LogP contribution is -2.27. The Morgan fingerprint density at radius 3 is 2.45 bits per heavy atom.